The van der Waals surface area contributed by atoms with Gasteiger partial charge in [-0.1, -0.05) is 0 Å². The molecule has 2 rings (SSSR count). The van der Waals surface area contributed by atoms with Crippen LogP contribution in [0.1, 0.15) is 46.0 Å². The van der Waals surface area contributed by atoms with Gasteiger partial charge in [-0.3, -0.25) is 0 Å². The zero-order chi connectivity index (χ0) is 12.2. The maximum atomic E-state index is 2.39. The molecular formula is C15H32N2+2. The summed E-state index contributed by atoms with van der Waals surface area (Å²) in [6.45, 7) is 16.2. The van der Waals surface area contributed by atoms with Crippen LogP contribution in [-0.2, 0) is 0 Å². The summed E-state index contributed by atoms with van der Waals surface area (Å²) in [6, 6.07) is 0. The van der Waals surface area contributed by atoms with Gasteiger partial charge in [0.15, 0.2) is 0 Å². The Morgan fingerprint density at radius 3 is 1.76 bits per heavy atom. The molecule has 0 bridgehead atoms. The fourth-order valence-corrected chi connectivity index (χ4v) is 4.05. The highest BCUT2D eigenvalue weighted by atomic mass is 15.4. The zero-order valence-corrected chi connectivity index (χ0v) is 12.1. The summed E-state index contributed by atoms with van der Waals surface area (Å²) in [5, 5.41) is 0. The second-order valence-corrected chi connectivity index (χ2v) is 6.43. The second-order valence-electron chi connectivity index (χ2n) is 6.43. The summed E-state index contributed by atoms with van der Waals surface area (Å²) in [4.78, 5) is 0. The molecule has 0 aromatic heterocycles. The maximum Gasteiger partial charge on any atom is 0.129 e. The topological polar surface area (TPSA) is 0 Å². The molecule has 2 aliphatic rings. The molecule has 1 spiro atoms. The highest BCUT2D eigenvalue weighted by Crippen LogP contribution is 2.23. The van der Waals surface area contributed by atoms with Crippen molar-refractivity contribution in [2.24, 2.45) is 0 Å². The van der Waals surface area contributed by atoms with Crippen LogP contribution in [0.25, 0.3) is 0 Å². The lowest BCUT2D eigenvalue weighted by Crippen LogP contribution is -2.54. The normalized spacial score (nSPS) is 28.6. The summed E-state index contributed by atoms with van der Waals surface area (Å²) in [5.74, 6) is 0. The molecule has 100 valence electrons. The summed E-state index contributed by atoms with van der Waals surface area (Å²) in [5.41, 5.74) is 0. The van der Waals surface area contributed by atoms with Gasteiger partial charge in [-0.25, -0.2) is 0 Å². The van der Waals surface area contributed by atoms with E-state index in [9.17, 15) is 0 Å². The largest absolute Gasteiger partial charge is 0.319 e. The van der Waals surface area contributed by atoms with Gasteiger partial charge in [0.1, 0.15) is 13.1 Å². The van der Waals surface area contributed by atoms with Gasteiger partial charge in [-0.05, 0) is 39.5 Å². The smallest absolute Gasteiger partial charge is 0.129 e. The fraction of sp³-hybridized carbons (Fsp3) is 1.00. The van der Waals surface area contributed by atoms with Gasteiger partial charge in [-0.2, -0.15) is 0 Å². The Morgan fingerprint density at radius 2 is 1.18 bits per heavy atom. The molecule has 2 nitrogen and oxygen atoms in total. The standard InChI is InChI=1S/C15H32N2/c1-3-16(4-2)12-9-13-17(15-14-16)10-7-5-6-8-11-17/h3-15H2,1-2H3/q+2. The first kappa shape index (κ1) is 13.4. The first-order valence-corrected chi connectivity index (χ1v) is 7.94. The van der Waals surface area contributed by atoms with Crippen LogP contribution in [0.3, 0.4) is 0 Å². The van der Waals surface area contributed by atoms with Crippen LogP contribution in [-0.4, -0.2) is 61.3 Å². The molecule has 2 aliphatic heterocycles. The van der Waals surface area contributed by atoms with E-state index in [1.807, 2.05) is 0 Å². The zero-order valence-electron chi connectivity index (χ0n) is 12.1. The molecule has 0 amide bonds. The lowest BCUT2D eigenvalue weighted by molar-refractivity contribution is -0.961. The van der Waals surface area contributed by atoms with Crippen LogP contribution in [0.15, 0.2) is 0 Å². The highest BCUT2D eigenvalue weighted by Gasteiger charge is 2.36. The minimum absolute atomic E-state index is 1.34. The van der Waals surface area contributed by atoms with Gasteiger partial charge >= 0.3 is 0 Å². The van der Waals surface area contributed by atoms with Gasteiger partial charge < -0.3 is 8.97 Å². The van der Waals surface area contributed by atoms with Crippen LogP contribution in [0.4, 0.5) is 0 Å². The molecule has 0 aliphatic carbocycles. The van der Waals surface area contributed by atoms with E-state index in [0.717, 1.165) is 0 Å². The van der Waals surface area contributed by atoms with Crippen molar-refractivity contribution in [1.82, 2.24) is 0 Å². The molecule has 2 heteroatoms. The lowest BCUT2D eigenvalue weighted by atomic mass is 10.2. The van der Waals surface area contributed by atoms with E-state index in [4.69, 9.17) is 0 Å². The van der Waals surface area contributed by atoms with Gasteiger partial charge in [0.05, 0.1) is 39.3 Å². The minimum Gasteiger partial charge on any atom is -0.319 e. The Hall–Kier alpha value is -0.0800. The van der Waals surface area contributed by atoms with Crippen molar-refractivity contribution in [3.8, 4) is 0 Å². The Labute approximate surface area is 108 Å². The van der Waals surface area contributed by atoms with Crippen molar-refractivity contribution < 1.29 is 8.97 Å². The van der Waals surface area contributed by atoms with Crippen molar-refractivity contribution >= 4 is 0 Å². The molecule has 2 fully saturated rings. The molecule has 0 radical (unpaired) electrons. The van der Waals surface area contributed by atoms with Gasteiger partial charge in [-0.15, -0.1) is 0 Å². The molecule has 0 unspecified atom stereocenters. The van der Waals surface area contributed by atoms with Gasteiger partial charge in [0.25, 0.3) is 0 Å². The molecule has 0 N–H and O–H groups in total. The van der Waals surface area contributed by atoms with Crippen LogP contribution in [0, 0.1) is 0 Å². The first-order valence-electron chi connectivity index (χ1n) is 7.94. The van der Waals surface area contributed by atoms with E-state index in [-0.39, 0.29) is 0 Å². The van der Waals surface area contributed by atoms with Crippen LogP contribution >= 0.6 is 0 Å². The van der Waals surface area contributed by atoms with Crippen LogP contribution < -0.4 is 0 Å². The van der Waals surface area contributed by atoms with Crippen molar-refractivity contribution in [2.45, 2.75) is 46.0 Å². The molecule has 17 heavy (non-hydrogen) atoms. The average Bonchev–Trinajstić information content (AvgIpc) is 2.70. The lowest BCUT2D eigenvalue weighted by Gasteiger charge is -2.38. The summed E-state index contributed by atoms with van der Waals surface area (Å²) in [7, 11) is 0. The van der Waals surface area contributed by atoms with E-state index >= 15 is 0 Å². The highest BCUT2D eigenvalue weighted by molar-refractivity contribution is 4.58. The third kappa shape index (κ3) is 3.03. The van der Waals surface area contributed by atoms with Crippen molar-refractivity contribution in [1.29, 1.82) is 0 Å². The van der Waals surface area contributed by atoms with E-state index in [1.54, 1.807) is 0 Å². The van der Waals surface area contributed by atoms with E-state index in [0.29, 0.717) is 0 Å². The summed E-state index contributed by atoms with van der Waals surface area (Å²) < 4.78 is 2.86. The monoisotopic (exact) mass is 240 g/mol. The number of hydrogen-bond acceptors (Lipinski definition) is 0. The average molecular weight is 240 g/mol. The van der Waals surface area contributed by atoms with Gasteiger partial charge in [0, 0.05) is 6.42 Å². The van der Waals surface area contributed by atoms with Crippen molar-refractivity contribution in [3.05, 3.63) is 0 Å². The molecule has 0 aromatic rings. The number of hydrogen-bond donors (Lipinski definition) is 0. The third-order valence-corrected chi connectivity index (χ3v) is 5.67. The van der Waals surface area contributed by atoms with Crippen LogP contribution in [0.5, 0.6) is 0 Å². The molecule has 0 saturated carbocycles. The Bertz CT molecular complexity index is 225. The van der Waals surface area contributed by atoms with Gasteiger partial charge in [0.2, 0.25) is 0 Å². The first-order chi connectivity index (χ1) is 8.24. The predicted molar refractivity (Wildman–Crippen MR) is 73.9 cm³/mol. The number of likely N-dealkylation sites (N-methyl/N-ethyl adjacent to an activating group) is 1. The van der Waals surface area contributed by atoms with Crippen LogP contribution in [0.2, 0.25) is 0 Å². The molecule has 2 saturated heterocycles. The number of rotatable bonds is 2. The molecule has 0 atom stereocenters. The SMILES string of the molecule is CC[N+]1(CC)CCC[N+]2(CCCCCC2)CC1. The summed E-state index contributed by atoms with van der Waals surface area (Å²) >= 11 is 0. The Morgan fingerprint density at radius 1 is 0.588 bits per heavy atom. The minimum atomic E-state index is 1.34. The molecule has 2 heterocycles. The van der Waals surface area contributed by atoms with E-state index in [1.165, 1.54) is 93.4 Å². The number of quaternary nitrogens is 2. The quantitative estimate of drug-likeness (QED) is 0.651. The van der Waals surface area contributed by atoms with E-state index in [2.05, 4.69) is 13.8 Å². The predicted octanol–water partition coefficient (Wildman–Crippen LogP) is 2.64. The number of nitrogens with zero attached hydrogens (tertiary/aromatic N) is 2. The summed E-state index contributed by atoms with van der Waals surface area (Å²) in [6.07, 6.45) is 7.40. The van der Waals surface area contributed by atoms with E-state index < -0.39 is 0 Å². The van der Waals surface area contributed by atoms with Crippen molar-refractivity contribution in [2.75, 3.05) is 52.4 Å². The Balaban J connectivity index is 2.02. The molecular weight excluding hydrogens is 208 g/mol. The Kier molecular flexibility index (Phi) is 4.48. The third-order valence-electron chi connectivity index (χ3n) is 5.67. The fourth-order valence-electron chi connectivity index (χ4n) is 4.05. The second kappa shape index (κ2) is 5.71. The maximum absolute atomic E-state index is 2.39. The van der Waals surface area contributed by atoms with Crippen molar-refractivity contribution in [3.63, 3.8) is 0 Å². The molecule has 0 aromatic carbocycles.